The predicted octanol–water partition coefficient (Wildman–Crippen LogP) is 9.22. The molecule has 0 saturated carbocycles. The molecule has 546 valence electrons. The highest BCUT2D eigenvalue weighted by Crippen LogP contribution is 2.34. The number of aromatic carboxylic acids is 1. The van der Waals surface area contributed by atoms with Gasteiger partial charge in [-0.2, -0.15) is 0 Å². The Hall–Kier alpha value is -10.0. The molecule has 7 N–H and O–H groups in total. The molecule has 0 radical (unpaired) electrons. The second kappa shape index (κ2) is 30.4. The summed E-state index contributed by atoms with van der Waals surface area (Å²) < 4.78 is 22.4. The fourth-order valence-electron chi connectivity index (χ4n) is 13.2. The highest BCUT2D eigenvalue weighted by Gasteiger charge is 2.43. The molecule has 6 atom stereocenters. The molecular weight excluding hydrogens is 1310 g/mol. The summed E-state index contributed by atoms with van der Waals surface area (Å²) in [5.74, 6) is -6.63. The van der Waals surface area contributed by atoms with Gasteiger partial charge in [-0.25, -0.2) is 24.0 Å². The highest BCUT2D eigenvalue weighted by molar-refractivity contribution is 6.08. The van der Waals surface area contributed by atoms with Crippen LogP contribution in [0.25, 0.3) is 0 Å². The van der Waals surface area contributed by atoms with Gasteiger partial charge < -0.3 is 65.8 Å². The van der Waals surface area contributed by atoms with Crippen LogP contribution in [-0.4, -0.2) is 210 Å². The molecule has 6 heterocycles. The number of anilines is 6. The zero-order chi connectivity index (χ0) is 73.8. The third kappa shape index (κ3) is 19.3. The van der Waals surface area contributed by atoms with Crippen LogP contribution in [0, 0.1) is 0 Å². The first-order chi connectivity index (χ1) is 47.3. The summed E-state index contributed by atoms with van der Waals surface area (Å²) in [6.07, 6.45) is 1.49. The molecule has 30 heteroatoms. The molecule has 3 aromatic carbocycles. The molecule has 12 amide bonds. The average molecular weight is 1400 g/mol. The van der Waals surface area contributed by atoms with E-state index in [1.807, 2.05) is 0 Å². The van der Waals surface area contributed by atoms with Gasteiger partial charge in [0.15, 0.2) is 0 Å². The number of benzene rings is 3. The van der Waals surface area contributed by atoms with Crippen LogP contribution in [0.2, 0.25) is 0 Å². The lowest BCUT2D eigenvalue weighted by atomic mass is 10.1. The Morgan fingerprint density at radius 2 is 0.475 bits per heavy atom. The largest absolute Gasteiger partial charge is 0.478 e. The van der Waals surface area contributed by atoms with Gasteiger partial charge >= 0.3 is 30.3 Å². The lowest BCUT2D eigenvalue weighted by Gasteiger charge is -2.28. The molecule has 0 aromatic heterocycles. The number of nitrogens with one attached hydrogen (secondary N) is 6. The minimum atomic E-state index is -1.43. The minimum absolute atomic E-state index is 0.0578. The standard InChI is InChI=1S/C71H94N12O18/c1-68(2,3)98-64(94)80-27-15-21-51(80)57(86)72-43-31-40(32-44(37-43)73-58(87)52-22-16-28-81(52)65(95)99-69(4,5)6)61(90)78-25-13-19-49(78)55(84)76-47-35-42(63(92)93)36-48(39-47)77-56(85)50-20-14-26-79(50)62(91)41-33-45(74-59(88)53-23-17-29-82(53)66(96)100-70(7,8)9)38-46(34-41)75-60(89)54-24-18-30-83(54)67(97)101-71(10,11)12/h31-39,49-54H,13-30H2,1-12H3,(H,72,86)(H,73,87)(H,74,88)(H,75,89)(H,76,84)(H,77,85)(H,92,93)/t49-,50-,51-,52-,53-,54-/m0/s1. The van der Waals surface area contributed by atoms with E-state index in [4.69, 9.17) is 18.9 Å². The molecular formula is C71H94N12O18. The van der Waals surface area contributed by atoms with Crippen molar-refractivity contribution >= 4 is 112 Å². The van der Waals surface area contributed by atoms with Crippen LogP contribution in [0.4, 0.5) is 53.3 Å². The normalized spacial score (nSPS) is 20.8. The van der Waals surface area contributed by atoms with Crippen molar-refractivity contribution in [3.8, 4) is 0 Å². The molecule has 0 bridgehead atoms. The quantitative estimate of drug-likeness (QED) is 0.0697. The molecule has 9 rings (SSSR count). The molecule has 6 saturated heterocycles. The van der Waals surface area contributed by atoms with E-state index < -0.39 is 136 Å². The first-order valence-corrected chi connectivity index (χ1v) is 34.4. The third-order valence-electron chi connectivity index (χ3n) is 17.5. The van der Waals surface area contributed by atoms with Gasteiger partial charge in [0.05, 0.1) is 5.56 Å². The topological polar surface area (TPSA) is 371 Å². The maximum atomic E-state index is 14.9. The summed E-state index contributed by atoms with van der Waals surface area (Å²) in [5.41, 5.74) is -3.79. The lowest BCUT2D eigenvalue weighted by molar-refractivity contribution is -0.121. The fraction of sp³-hybridized carbons (Fsp3) is 0.563. The monoisotopic (exact) mass is 1400 g/mol. The van der Waals surface area contributed by atoms with Crippen molar-refractivity contribution in [1.82, 2.24) is 29.4 Å². The molecule has 6 aliphatic heterocycles. The van der Waals surface area contributed by atoms with Crippen LogP contribution in [0.1, 0.15) is 191 Å². The number of rotatable bonds is 15. The van der Waals surface area contributed by atoms with Crippen molar-refractivity contribution in [2.75, 3.05) is 71.2 Å². The van der Waals surface area contributed by atoms with E-state index in [0.29, 0.717) is 64.2 Å². The molecule has 0 spiro atoms. The summed E-state index contributed by atoms with van der Waals surface area (Å²) in [6.45, 7) is 21.6. The SMILES string of the molecule is CC(C)(C)OC(=O)N1CCC[C@H]1C(=O)Nc1cc(NC(=O)[C@@H]2CCCN2C(=O)OC(C)(C)C)cc(C(=O)N2CCC[C@H]2C(=O)Nc2cc(NC(=O)[C@@H]3CCCN3C(=O)c3cc(NC(=O)[C@@H]4CCCN4C(=O)OC(C)(C)C)cc(NC(=O)[C@@H]4CCCN4C(=O)OC(C)(C)C)c3)cc(C(=O)O)c2)c1. The van der Waals surface area contributed by atoms with Crippen LogP contribution >= 0.6 is 0 Å². The van der Waals surface area contributed by atoms with Gasteiger partial charge in [-0.1, -0.05) is 0 Å². The summed E-state index contributed by atoms with van der Waals surface area (Å²) in [5, 5.41) is 27.0. The van der Waals surface area contributed by atoms with Gasteiger partial charge in [-0.3, -0.25) is 58.0 Å². The maximum Gasteiger partial charge on any atom is 0.410 e. The summed E-state index contributed by atoms with van der Waals surface area (Å²) in [4.78, 5) is 189. The molecule has 30 nitrogen and oxygen atoms in total. The van der Waals surface area contributed by atoms with Crippen molar-refractivity contribution < 1.29 is 86.4 Å². The van der Waals surface area contributed by atoms with Crippen LogP contribution < -0.4 is 31.9 Å². The number of hydrogen-bond donors (Lipinski definition) is 7. The number of carboxylic acid groups (broad SMARTS) is 1. The maximum absolute atomic E-state index is 14.9. The Kier molecular flexibility index (Phi) is 22.7. The number of nitrogens with zero attached hydrogens (tertiary/aromatic N) is 6. The van der Waals surface area contributed by atoms with Gasteiger partial charge in [0.1, 0.15) is 58.7 Å². The number of carbonyl (C=O) groups is 13. The van der Waals surface area contributed by atoms with E-state index in [9.17, 15) is 67.4 Å². The molecule has 3 aromatic rings. The number of likely N-dealkylation sites (tertiary alicyclic amines) is 6. The molecule has 6 fully saturated rings. The zero-order valence-electron chi connectivity index (χ0n) is 59.5. The van der Waals surface area contributed by atoms with E-state index in [0.717, 1.165) is 12.1 Å². The number of amides is 12. The fourth-order valence-corrected chi connectivity index (χ4v) is 13.2. The molecule has 0 unspecified atom stereocenters. The van der Waals surface area contributed by atoms with E-state index in [2.05, 4.69) is 31.9 Å². The van der Waals surface area contributed by atoms with E-state index in [1.165, 1.54) is 71.9 Å². The molecule has 6 aliphatic rings. The van der Waals surface area contributed by atoms with Crippen molar-refractivity contribution in [2.45, 2.75) is 219 Å². The Bertz CT molecular complexity index is 3390. The van der Waals surface area contributed by atoms with E-state index >= 15 is 0 Å². The average Bonchev–Trinajstić information content (AvgIpc) is 1.72. The lowest BCUT2D eigenvalue weighted by Crippen LogP contribution is -2.45. The first kappa shape index (κ1) is 75.2. The second-order valence-corrected chi connectivity index (χ2v) is 30.3. The van der Waals surface area contributed by atoms with Crippen molar-refractivity contribution in [3.63, 3.8) is 0 Å². The molecule has 101 heavy (non-hydrogen) atoms. The van der Waals surface area contributed by atoms with E-state index in [-0.39, 0.29) is 103 Å². The Balaban J connectivity index is 0.931. The Morgan fingerprint density at radius 1 is 0.297 bits per heavy atom. The summed E-state index contributed by atoms with van der Waals surface area (Å²) >= 11 is 0. The van der Waals surface area contributed by atoms with Crippen LogP contribution in [0.3, 0.4) is 0 Å². The first-order valence-electron chi connectivity index (χ1n) is 34.4. The smallest absolute Gasteiger partial charge is 0.410 e. The number of carboxylic acids is 1. The van der Waals surface area contributed by atoms with Crippen LogP contribution in [0.5, 0.6) is 0 Å². The summed E-state index contributed by atoms with van der Waals surface area (Å²) in [7, 11) is 0. The Labute approximate surface area is 586 Å². The second-order valence-electron chi connectivity index (χ2n) is 30.3. The van der Waals surface area contributed by atoms with Gasteiger partial charge in [-0.05, 0) is 215 Å². The van der Waals surface area contributed by atoms with Crippen molar-refractivity contribution in [2.24, 2.45) is 0 Å². The predicted molar refractivity (Wildman–Crippen MR) is 370 cm³/mol. The van der Waals surface area contributed by atoms with Gasteiger partial charge in [0, 0.05) is 84.5 Å². The third-order valence-corrected chi connectivity index (χ3v) is 17.5. The highest BCUT2D eigenvalue weighted by atomic mass is 16.6. The van der Waals surface area contributed by atoms with Gasteiger partial charge in [-0.15, -0.1) is 0 Å². The van der Waals surface area contributed by atoms with Gasteiger partial charge in [0.25, 0.3) is 11.8 Å². The van der Waals surface area contributed by atoms with Crippen molar-refractivity contribution in [3.05, 3.63) is 71.3 Å². The number of hydrogen-bond acceptors (Lipinski definition) is 17. The molecule has 0 aliphatic carbocycles. The number of carbonyl (C=O) groups excluding carboxylic acids is 12. The Morgan fingerprint density at radius 3 is 0.663 bits per heavy atom. The minimum Gasteiger partial charge on any atom is -0.478 e. The zero-order valence-corrected chi connectivity index (χ0v) is 59.5. The van der Waals surface area contributed by atoms with Crippen LogP contribution in [-0.2, 0) is 47.7 Å². The van der Waals surface area contributed by atoms with Gasteiger partial charge in [0.2, 0.25) is 35.4 Å². The van der Waals surface area contributed by atoms with E-state index in [1.54, 1.807) is 83.1 Å². The summed E-state index contributed by atoms with van der Waals surface area (Å²) in [6, 6.07) is 5.89. The van der Waals surface area contributed by atoms with Crippen LogP contribution in [0.15, 0.2) is 54.6 Å². The van der Waals surface area contributed by atoms with Crippen molar-refractivity contribution in [1.29, 1.82) is 0 Å². The number of ether oxygens (including phenoxy) is 4.